The van der Waals surface area contributed by atoms with Crippen molar-refractivity contribution >= 4 is 11.4 Å². The largest absolute Gasteiger partial charge is 0.385 e. The first-order valence-electron chi connectivity index (χ1n) is 7.26. The molecule has 0 radical (unpaired) electrons. The summed E-state index contributed by atoms with van der Waals surface area (Å²) in [7, 11) is 6.42. The van der Waals surface area contributed by atoms with E-state index in [4.69, 9.17) is 0 Å². The molecule has 1 N–H and O–H groups in total. The Kier molecular flexibility index (Phi) is 4.70. The number of hydrogen-bond acceptors (Lipinski definition) is 3. The highest BCUT2D eigenvalue weighted by Crippen LogP contribution is 2.23. The van der Waals surface area contributed by atoms with Crippen LogP contribution in [0, 0.1) is 12.8 Å². The molecule has 1 fully saturated rings. The van der Waals surface area contributed by atoms with Gasteiger partial charge in [0.1, 0.15) is 0 Å². The van der Waals surface area contributed by atoms with Crippen molar-refractivity contribution in [1.29, 1.82) is 0 Å². The molecule has 1 aromatic carbocycles. The average Bonchev–Trinajstić information content (AvgIpc) is 2.39. The number of nitrogens with one attached hydrogen (secondary N) is 1. The van der Waals surface area contributed by atoms with Crippen molar-refractivity contribution in [2.75, 3.05) is 51.0 Å². The van der Waals surface area contributed by atoms with E-state index in [1.165, 1.54) is 42.9 Å². The number of piperidine rings is 1. The highest BCUT2D eigenvalue weighted by Gasteiger charge is 2.16. The van der Waals surface area contributed by atoms with Crippen LogP contribution in [-0.2, 0) is 0 Å². The van der Waals surface area contributed by atoms with Gasteiger partial charge in [-0.1, -0.05) is 6.07 Å². The van der Waals surface area contributed by atoms with Crippen molar-refractivity contribution < 1.29 is 0 Å². The van der Waals surface area contributed by atoms with Crippen molar-refractivity contribution in [3.63, 3.8) is 0 Å². The van der Waals surface area contributed by atoms with Crippen LogP contribution >= 0.6 is 0 Å². The van der Waals surface area contributed by atoms with Gasteiger partial charge in [0.25, 0.3) is 0 Å². The molecular formula is C16H27N3. The molecule has 0 atom stereocenters. The Labute approximate surface area is 117 Å². The molecular weight excluding hydrogens is 234 g/mol. The van der Waals surface area contributed by atoms with E-state index in [9.17, 15) is 0 Å². The van der Waals surface area contributed by atoms with Gasteiger partial charge in [0.05, 0.1) is 0 Å². The summed E-state index contributed by atoms with van der Waals surface area (Å²) in [6, 6.07) is 6.65. The number of rotatable bonds is 4. The molecule has 3 nitrogen and oxygen atoms in total. The lowest BCUT2D eigenvalue weighted by Crippen LogP contribution is -2.32. The van der Waals surface area contributed by atoms with Gasteiger partial charge in [0.2, 0.25) is 0 Å². The van der Waals surface area contributed by atoms with Gasteiger partial charge >= 0.3 is 0 Å². The first kappa shape index (κ1) is 14.2. The molecule has 1 heterocycles. The van der Waals surface area contributed by atoms with E-state index < -0.39 is 0 Å². The summed E-state index contributed by atoms with van der Waals surface area (Å²) >= 11 is 0. The Bertz CT molecular complexity index is 406. The van der Waals surface area contributed by atoms with Crippen molar-refractivity contribution in [1.82, 2.24) is 4.90 Å². The molecule has 0 aliphatic carbocycles. The zero-order valence-electron chi connectivity index (χ0n) is 12.7. The molecule has 0 bridgehead atoms. The van der Waals surface area contributed by atoms with Gasteiger partial charge < -0.3 is 15.1 Å². The molecule has 19 heavy (non-hydrogen) atoms. The molecule has 1 aliphatic rings. The number of nitrogens with zero attached hydrogens (tertiary/aromatic N) is 2. The number of aryl methyl sites for hydroxylation is 1. The third kappa shape index (κ3) is 3.87. The van der Waals surface area contributed by atoms with Crippen LogP contribution < -0.4 is 10.2 Å². The first-order valence-corrected chi connectivity index (χ1v) is 7.26. The van der Waals surface area contributed by atoms with Crippen LogP contribution in [0.3, 0.4) is 0 Å². The Hall–Kier alpha value is -1.22. The average molecular weight is 261 g/mol. The van der Waals surface area contributed by atoms with Crippen LogP contribution in [0.1, 0.15) is 18.4 Å². The van der Waals surface area contributed by atoms with Gasteiger partial charge in [0.15, 0.2) is 0 Å². The number of benzene rings is 1. The van der Waals surface area contributed by atoms with Gasteiger partial charge in [-0.2, -0.15) is 0 Å². The predicted octanol–water partition coefficient (Wildman–Crippen LogP) is 2.81. The van der Waals surface area contributed by atoms with E-state index in [1.807, 2.05) is 0 Å². The van der Waals surface area contributed by atoms with Gasteiger partial charge in [-0.05, 0) is 63.5 Å². The molecule has 3 heteroatoms. The smallest absolute Gasteiger partial charge is 0.0411 e. The SMILES string of the molecule is Cc1ccc(NCC2CCN(C)CC2)cc1N(C)C. The second-order valence-corrected chi connectivity index (χ2v) is 6.02. The predicted molar refractivity (Wildman–Crippen MR) is 84.2 cm³/mol. The van der Waals surface area contributed by atoms with Gasteiger partial charge in [-0.3, -0.25) is 0 Å². The van der Waals surface area contributed by atoms with E-state index >= 15 is 0 Å². The van der Waals surface area contributed by atoms with Crippen LogP contribution in [0.4, 0.5) is 11.4 Å². The third-order valence-corrected chi connectivity index (χ3v) is 4.12. The lowest BCUT2D eigenvalue weighted by atomic mass is 9.97. The molecule has 1 aliphatic heterocycles. The maximum Gasteiger partial charge on any atom is 0.0411 e. The van der Waals surface area contributed by atoms with Crippen LogP contribution in [0.5, 0.6) is 0 Å². The molecule has 0 saturated carbocycles. The third-order valence-electron chi connectivity index (χ3n) is 4.12. The van der Waals surface area contributed by atoms with Gasteiger partial charge in [0, 0.05) is 32.0 Å². The van der Waals surface area contributed by atoms with Crippen LogP contribution in [0.2, 0.25) is 0 Å². The van der Waals surface area contributed by atoms with E-state index in [2.05, 4.69) is 61.4 Å². The highest BCUT2D eigenvalue weighted by molar-refractivity contribution is 5.61. The van der Waals surface area contributed by atoms with Gasteiger partial charge in [-0.15, -0.1) is 0 Å². The van der Waals surface area contributed by atoms with E-state index in [0.717, 1.165) is 12.5 Å². The lowest BCUT2D eigenvalue weighted by Gasteiger charge is -2.29. The Morgan fingerprint density at radius 1 is 1.26 bits per heavy atom. The Balaban J connectivity index is 1.91. The summed E-state index contributed by atoms with van der Waals surface area (Å²) in [6.45, 7) is 5.74. The second-order valence-electron chi connectivity index (χ2n) is 6.02. The van der Waals surface area contributed by atoms with Crippen molar-refractivity contribution in [3.8, 4) is 0 Å². The summed E-state index contributed by atoms with van der Waals surface area (Å²) in [4.78, 5) is 4.60. The molecule has 1 saturated heterocycles. The zero-order chi connectivity index (χ0) is 13.8. The fourth-order valence-electron chi connectivity index (χ4n) is 2.73. The van der Waals surface area contributed by atoms with E-state index in [-0.39, 0.29) is 0 Å². The lowest BCUT2D eigenvalue weighted by molar-refractivity contribution is 0.226. The van der Waals surface area contributed by atoms with Gasteiger partial charge in [-0.25, -0.2) is 0 Å². The number of likely N-dealkylation sites (tertiary alicyclic amines) is 1. The molecule has 0 spiro atoms. The Morgan fingerprint density at radius 3 is 2.58 bits per heavy atom. The minimum absolute atomic E-state index is 0.820. The molecule has 1 aromatic rings. The standard InChI is InChI=1S/C16H27N3/c1-13-5-6-15(11-16(13)18(2)3)17-12-14-7-9-19(4)10-8-14/h5-6,11,14,17H,7-10,12H2,1-4H3. The van der Waals surface area contributed by atoms with Crippen molar-refractivity contribution in [2.45, 2.75) is 19.8 Å². The maximum absolute atomic E-state index is 3.61. The first-order chi connectivity index (χ1) is 9.06. The number of hydrogen-bond donors (Lipinski definition) is 1. The summed E-state index contributed by atoms with van der Waals surface area (Å²) in [5, 5.41) is 3.61. The van der Waals surface area contributed by atoms with Crippen LogP contribution in [0.15, 0.2) is 18.2 Å². The second kappa shape index (κ2) is 6.29. The summed E-state index contributed by atoms with van der Waals surface area (Å²) in [5.41, 5.74) is 3.87. The minimum Gasteiger partial charge on any atom is -0.385 e. The minimum atomic E-state index is 0.820. The van der Waals surface area contributed by atoms with E-state index in [0.29, 0.717) is 0 Å². The summed E-state index contributed by atoms with van der Waals surface area (Å²) < 4.78 is 0. The topological polar surface area (TPSA) is 18.5 Å². The monoisotopic (exact) mass is 261 g/mol. The van der Waals surface area contributed by atoms with Crippen molar-refractivity contribution in [3.05, 3.63) is 23.8 Å². The number of anilines is 2. The maximum atomic E-state index is 3.61. The molecule has 0 aromatic heterocycles. The quantitative estimate of drug-likeness (QED) is 0.899. The van der Waals surface area contributed by atoms with E-state index in [1.54, 1.807) is 0 Å². The Morgan fingerprint density at radius 2 is 1.95 bits per heavy atom. The molecule has 2 rings (SSSR count). The normalized spacial score (nSPS) is 17.5. The zero-order valence-corrected chi connectivity index (χ0v) is 12.7. The summed E-state index contributed by atoms with van der Waals surface area (Å²) in [5.74, 6) is 0.820. The van der Waals surface area contributed by atoms with Crippen molar-refractivity contribution in [2.24, 2.45) is 5.92 Å². The molecule has 106 valence electrons. The molecule has 0 unspecified atom stereocenters. The molecule has 0 amide bonds. The summed E-state index contributed by atoms with van der Waals surface area (Å²) in [6.07, 6.45) is 2.63. The highest BCUT2D eigenvalue weighted by atomic mass is 15.1. The fraction of sp³-hybridized carbons (Fsp3) is 0.625. The fourth-order valence-corrected chi connectivity index (χ4v) is 2.73. The van der Waals surface area contributed by atoms with Crippen LogP contribution in [-0.4, -0.2) is 45.7 Å². The van der Waals surface area contributed by atoms with Crippen LogP contribution in [0.25, 0.3) is 0 Å².